The van der Waals surface area contributed by atoms with Crippen LogP contribution in [0.2, 0.25) is 0 Å². The van der Waals surface area contributed by atoms with Gasteiger partial charge >= 0.3 is 6.03 Å². The Morgan fingerprint density at radius 2 is 2.06 bits per heavy atom. The van der Waals surface area contributed by atoms with Crippen molar-refractivity contribution >= 4 is 38.5 Å². The van der Waals surface area contributed by atoms with Gasteiger partial charge in [0, 0.05) is 43.5 Å². The first-order chi connectivity index (χ1) is 15.2. The van der Waals surface area contributed by atoms with Gasteiger partial charge in [-0.1, -0.05) is 11.3 Å². The van der Waals surface area contributed by atoms with Gasteiger partial charge in [-0.2, -0.15) is 0 Å². The summed E-state index contributed by atoms with van der Waals surface area (Å²) in [5, 5.41) is 22.5. The lowest BCUT2D eigenvalue weighted by molar-refractivity contribution is 0.0301. The van der Waals surface area contributed by atoms with E-state index >= 15 is 0 Å². The maximum Gasteiger partial charge on any atom is 0.324 e. The van der Waals surface area contributed by atoms with Gasteiger partial charge in [0.15, 0.2) is 16.8 Å². The topological polar surface area (TPSA) is 102 Å². The zero-order valence-corrected chi connectivity index (χ0v) is 18.3. The summed E-state index contributed by atoms with van der Waals surface area (Å²) in [7, 11) is 0. The molecule has 3 heterocycles. The van der Waals surface area contributed by atoms with E-state index in [-0.39, 0.29) is 29.3 Å². The molecular weight excluding hydrogens is 440 g/mol. The van der Waals surface area contributed by atoms with Crippen LogP contribution in [-0.2, 0) is 0 Å². The third-order valence-electron chi connectivity index (χ3n) is 5.39. The Morgan fingerprint density at radius 3 is 2.75 bits per heavy atom. The maximum atomic E-state index is 14.6. The second-order valence-electron chi connectivity index (χ2n) is 7.81. The molecule has 3 aromatic rings. The highest BCUT2D eigenvalue weighted by Crippen LogP contribution is 2.28. The van der Waals surface area contributed by atoms with Crippen molar-refractivity contribution in [2.24, 2.45) is 0 Å². The number of urea groups is 1. The number of aliphatic hydroxyl groups is 2. The molecule has 0 spiro atoms. The average Bonchev–Trinajstić information content (AvgIpc) is 3.14. The van der Waals surface area contributed by atoms with E-state index in [1.165, 1.54) is 42.7 Å². The van der Waals surface area contributed by atoms with Crippen LogP contribution in [0.15, 0.2) is 30.5 Å². The number of amides is 2. The number of thiazole rings is 1. The molecule has 1 aliphatic rings. The lowest BCUT2D eigenvalue weighted by Crippen LogP contribution is -2.55. The zero-order valence-electron chi connectivity index (χ0n) is 17.5. The standard InChI is InChI=1S/C21H23F2N5O3S/c1-11-10-27(19-15(23)7-13(9-24-19)18(30)12(2)29)5-6-28(11)21(31)26-20-25-16-8-14(22)3-4-17(16)32-20/h3-4,7-9,11-12,18,29-30H,5-6,10H2,1-2H3,(H,25,26,31)/t11?,12-,18+/m0/s1. The Hall–Kier alpha value is -2.89. The molecule has 3 atom stereocenters. The number of halogens is 2. The van der Waals surface area contributed by atoms with Crippen molar-refractivity contribution in [2.45, 2.75) is 32.1 Å². The number of carbonyl (C=O) groups excluding carboxylic acids is 1. The Labute approximate surface area is 187 Å². The van der Waals surface area contributed by atoms with E-state index in [0.29, 0.717) is 30.3 Å². The van der Waals surface area contributed by atoms with Crippen LogP contribution in [0.1, 0.15) is 25.5 Å². The van der Waals surface area contributed by atoms with E-state index in [0.717, 1.165) is 4.70 Å². The van der Waals surface area contributed by atoms with Crippen LogP contribution in [0.5, 0.6) is 0 Å². The molecular formula is C21H23F2N5O3S. The highest BCUT2D eigenvalue weighted by Gasteiger charge is 2.30. The first-order valence-electron chi connectivity index (χ1n) is 10.1. The molecule has 1 aromatic carbocycles. The quantitative estimate of drug-likeness (QED) is 0.550. The largest absolute Gasteiger partial charge is 0.390 e. The average molecular weight is 464 g/mol. The van der Waals surface area contributed by atoms with E-state index in [9.17, 15) is 23.8 Å². The molecule has 2 aromatic heterocycles. The number of aromatic nitrogens is 2. The number of piperazine rings is 1. The number of hydrogen-bond acceptors (Lipinski definition) is 7. The second kappa shape index (κ2) is 8.93. The number of carbonyl (C=O) groups is 1. The Bertz CT molecular complexity index is 1140. The van der Waals surface area contributed by atoms with Crippen molar-refractivity contribution in [2.75, 3.05) is 29.9 Å². The number of hydrogen-bond donors (Lipinski definition) is 3. The van der Waals surface area contributed by atoms with E-state index in [1.54, 1.807) is 15.9 Å². The van der Waals surface area contributed by atoms with E-state index in [2.05, 4.69) is 15.3 Å². The fourth-order valence-electron chi connectivity index (χ4n) is 3.69. The molecule has 0 bridgehead atoms. The predicted octanol–water partition coefficient (Wildman–Crippen LogP) is 3.13. The number of benzene rings is 1. The van der Waals surface area contributed by atoms with Gasteiger partial charge in [0.25, 0.3) is 0 Å². The van der Waals surface area contributed by atoms with Gasteiger partial charge in [0.1, 0.15) is 11.9 Å². The summed E-state index contributed by atoms with van der Waals surface area (Å²) in [5.41, 5.74) is 0.678. The molecule has 0 saturated carbocycles. The Kier molecular flexibility index (Phi) is 6.22. The van der Waals surface area contributed by atoms with Gasteiger partial charge in [-0.15, -0.1) is 0 Å². The third-order valence-corrected chi connectivity index (χ3v) is 6.34. The van der Waals surface area contributed by atoms with Crippen LogP contribution < -0.4 is 10.2 Å². The van der Waals surface area contributed by atoms with Crippen molar-refractivity contribution in [3.63, 3.8) is 0 Å². The van der Waals surface area contributed by atoms with E-state index in [4.69, 9.17) is 0 Å². The minimum atomic E-state index is -1.22. The summed E-state index contributed by atoms with van der Waals surface area (Å²) in [6, 6.07) is 4.87. The van der Waals surface area contributed by atoms with E-state index in [1.807, 2.05) is 6.92 Å². The number of nitrogens with zero attached hydrogens (tertiary/aromatic N) is 4. The first kappa shape index (κ1) is 22.3. The number of fused-ring (bicyclic) bond motifs is 1. The fraction of sp³-hybridized carbons (Fsp3) is 0.381. The Balaban J connectivity index is 1.42. The smallest absolute Gasteiger partial charge is 0.324 e. The monoisotopic (exact) mass is 463 g/mol. The summed E-state index contributed by atoms with van der Waals surface area (Å²) in [6.45, 7) is 4.33. The highest BCUT2D eigenvalue weighted by molar-refractivity contribution is 7.22. The molecule has 0 radical (unpaired) electrons. The molecule has 2 amide bonds. The summed E-state index contributed by atoms with van der Waals surface area (Å²) in [5.74, 6) is -0.861. The predicted molar refractivity (Wildman–Crippen MR) is 118 cm³/mol. The number of aliphatic hydroxyl groups excluding tert-OH is 2. The minimum Gasteiger partial charge on any atom is -0.390 e. The van der Waals surface area contributed by atoms with Crippen molar-refractivity contribution in [3.05, 3.63) is 47.7 Å². The molecule has 4 rings (SSSR count). The summed E-state index contributed by atoms with van der Waals surface area (Å²) < 4.78 is 28.8. The molecule has 1 unspecified atom stereocenters. The van der Waals surface area contributed by atoms with Gasteiger partial charge in [0.05, 0.1) is 16.3 Å². The van der Waals surface area contributed by atoms with Gasteiger partial charge in [-0.25, -0.2) is 23.5 Å². The van der Waals surface area contributed by atoms with Gasteiger partial charge in [-0.05, 0) is 32.0 Å². The molecule has 0 aliphatic carbocycles. The van der Waals surface area contributed by atoms with Crippen LogP contribution in [0.3, 0.4) is 0 Å². The zero-order chi connectivity index (χ0) is 23.0. The van der Waals surface area contributed by atoms with Crippen LogP contribution in [0.25, 0.3) is 10.2 Å². The fourth-order valence-corrected chi connectivity index (χ4v) is 4.52. The van der Waals surface area contributed by atoms with Crippen LogP contribution in [0.4, 0.5) is 24.5 Å². The van der Waals surface area contributed by atoms with Crippen molar-refractivity contribution in [1.82, 2.24) is 14.9 Å². The minimum absolute atomic E-state index is 0.131. The first-order valence-corrected chi connectivity index (χ1v) is 10.9. The SMILES string of the molecule is CC1CN(c2ncc([C@H](O)[C@H](C)O)cc2F)CCN1C(=O)Nc1nc2cc(F)ccc2s1. The lowest BCUT2D eigenvalue weighted by Gasteiger charge is -2.40. The normalized spacial score (nSPS) is 18.6. The molecule has 1 fully saturated rings. The number of anilines is 2. The van der Waals surface area contributed by atoms with Crippen LogP contribution in [-0.4, -0.2) is 62.9 Å². The number of rotatable bonds is 4. The molecule has 170 valence electrons. The molecule has 8 nitrogen and oxygen atoms in total. The Morgan fingerprint density at radius 1 is 1.28 bits per heavy atom. The number of nitrogens with one attached hydrogen (secondary N) is 1. The summed E-state index contributed by atoms with van der Waals surface area (Å²) in [4.78, 5) is 24.5. The third kappa shape index (κ3) is 4.50. The molecule has 32 heavy (non-hydrogen) atoms. The molecule has 1 saturated heterocycles. The summed E-state index contributed by atoms with van der Waals surface area (Å²) >= 11 is 1.26. The van der Waals surface area contributed by atoms with Gasteiger partial charge in [0.2, 0.25) is 0 Å². The van der Waals surface area contributed by atoms with Crippen molar-refractivity contribution < 1.29 is 23.8 Å². The van der Waals surface area contributed by atoms with Crippen LogP contribution in [0, 0.1) is 11.6 Å². The lowest BCUT2D eigenvalue weighted by atomic mass is 10.1. The molecule has 11 heteroatoms. The highest BCUT2D eigenvalue weighted by atomic mass is 32.1. The van der Waals surface area contributed by atoms with Crippen molar-refractivity contribution in [1.29, 1.82) is 0 Å². The van der Waals surface area contributed by atoms with Gasteiger partial charge < -0.3 is 20.0 Å². The van der Waals surface area contributed by atoms with Crippen LogP contribution >= 0.6 is 11.3 Å². The van der Waals surface area contributed by atoms with Gasteiger partial charge in [-0.3, -0.25) is 5.32 Å². The number of pyridine rings is 1. The molecule has 3 N–H and O–H groups in total. The second-order valence-corrected chi connectivity index (χ2v) is 8.84. The maximum absolute atomic E-state index is 14.6. The van der Waals surface area contributed by atoms with E-state index < -0.39 is 18.0 Å². The summed E-state index contributed by atoms with van der Waals surface area (Å²) in [6.07, 6.45) is -0.918. The molecule has 1 aliphatic heterocycles. The van der Waals surface area contributed by atoms with Crippen molar-refractivity contribution in [3.8, 4) is 0 Å².